The highest BCUT2D eigenvalue weighted by Crippen LogP contribution is 2.23. The molecule has 0 aliphatic heterocycles. The van der Waals surface area contributed by atoms with Gasteiger partial charge in [0.25, 0.3) is 0 Å². The fraction of sp³-hybridized carbons (Fsp3) is 0.167. The summed E-state index contributed by atoms with van der Waals surface area (Å²) in [5.74, 6) is 1.15. The Labute approximate surface area is 149 Å². The maximum absolute atomic E-state index is 13.7. The highest BCUT2D eigenvalue weighted by atomic mass is 32.2. The minimum atomic E-state index is -0.400. The Balaban J connectivity index is 1.70. The molecule has 1 aromatic carbocycles. The lowest BCUT2D eigenvalue weighted by Gasteiger charge is -2.09. The molecule has 128 valence electrons. The number of benzene rings is 1. The van der Waals surface area contributed by atoms with Crippen molar-refractivity contribution in [1.82, 2.24) is 19.7 Å². The van der Waals surface area contributed by atoms with Crippen molar-refractivity contribution >= 4 is 11.8 Å². The lowest BCUT2D eigenvalue weighted by Crippen LogP contribution is -2.08. The summed E-state index contributed by atoms with van der Waals surface area (Å²) in [6, 6.07) is 10.2. The van der Waals surface area contributed by atoms with Gasteiger partial charge in [-0.25, -0.2) is 4.39 Å². The zero-order valence-corrected chi connectivity index (χ0v) is 14.3. The van der Waals surface area contributed by atoms with E-state index in [9.17, 15) is 4.39 Å². The van der Waals surface area contributed by atoms with Crippen molar-refractivity contribution in [3.63, 3.8) is 0 Å². The Kier molecular flexibility index (Phi) is 5.79. The molecule has 25 heavy (non-hydrogen) atoms. The molecule has 3 rings (SSSR count). The minimum Gasteiger partial charge on any atom is -0.483 e. The fourth-order valence-electron chi connectivity index (χ4n) is 2.18. The van der Waals surface area contributed by atoms with E-state index in [1.54, 1.807) is 42.2 Å². The number of rotatable bonds is 8. The van der Waals surface area contributed by atoms with Gasteiger partial charge in [0.15, 0.2) is 22.5 Å². The van der Waals surface area contributed by atoms with Crippen molar-refractivity contribution in [3.8, 4) is 5.75 Å². The Bertz CT molecular complexity index is 838. The van der Waals surface area contributed by atoms with Crippen molar-refractivity contribution in [3.05, 3.63) is 78.7 Å². The maximum atomic E-state index is 13.7. The summed E-state index contributed by atoms with van der Waals surface area (Å²) in [6.07, 6.45) is 5.33. The van der Waals surface area contributed by atoms with E-state index in [-0.39, 0.29) is 12.4 Å². The molecule has 2 aromatic heterocycles. The van der Waals surface area contributed by atoms with Crippen LogP contribution in [0.4, 0.5) is 4.39 Å². The summed E-state index contributed by atoms with van der Waals surface area (Å²) in [5.41, 5.74) is 1.10. The fourth-order valence-corrected chi connectivity index (χ4v) is 3.08. The van der Waals surface area contributed by atoms with Crippen molar-refractivity contribution in [2.45, 2.75) is 24.1 Å². The van der Waals surface area contributed by atoms with E-state index < -0.39 is 5.82 Å². The van der Waals surface area contributed by atoms with Crippen LogP contribution in [0.5, 0.6) is 5.75 Å². The van der Waals surface area contributed by atoms with Gasteiger partial charge in [-0.1, -0.05) is 36.0 Å². The number of halogens is 1. The number of para-hydroxylation sites is 1. The van der Waals surface area contributed by atoms with E-state index in [0.29, 0.717) is 12.4 Å². The Morgan fingerprint density at radius 2 is 2.08 bits per heavy atom. The second-order valence-electron chi connectivity index (χ2n) is 5.17. The quantitative estimate of drug-likeness (QED) is 0.453. The molecule has 0 unspecified atom stereocenters. The second-order valence-corrected chi connectivity index (χ2v) is 6.11. The molecule has 0 aliphatic rings. The van der Waals surface area contributed by atoms with Crippen molar-refractivity contribution in [2.75, 3.05) is 0 Å². The smallest absolute Gasteiger partial charge is 0.191 e. The van der Waals surface area contributed by atoms with Gasteiger partial charge in [-0.3, -0.25) is 9.55 Å². The standard InChI is InChI=1S/C18H17FN4OS/c1-2-10-23-17(12-24-16-8-4-3-7-15(16)19)21-22-18(23)25-13-14-6-5-9-20-11-14/h2-9,11H,1,10,12-13H2. The number of ether oxygens (including phenoxy) is 1. The molecule has 3 aromatic rings. The molecule has 0 saturated carbocycles. The first-order valence-electron chi connectivity index (χ1n) is 7.70. The van der Waals surface area contributed by atoms with E-state index in [1.165, 1.54) is 6.07 Å². The number of pyridine rings is 1. The summed E-state index contributed by atoms with van der Waals surface area (Å²) >= 11 is 1.56. The highest BCUT2D eigenvalue weighted by molar-refractivity contribution is 7.98. The van der Waals surface area contributed by atoms with Gasteiger partial charge in [0.1, 0.15) is 6.61 Å². The zero-order valence-electron chi connectivity index (χ0n) is 13.5. The predicted molar refractivity (Wildman–Crippen MR) is 94.7 cm³/mol. The number of aromatic nitrogens is 4. The van der Waals surface area contributed by atoms with Gasteiger partial charge in [-0.2, -0.15) is 0 Å². The lowest BCUT2D eigenvalue weighted by atomic mass is 10.3. The van der Waals surface area contributed by atoms with Crippen molar-refractivity contribution in [2.24, 2.45) is 0 Å². The van der Waals surface area contributed by atoms with Gasteiger partial charge in [0.05, 0.1) is 0 Å². The second kappa shape index (κ2) is 8.43. The minimum absolute atomic E-state index is 0.134. The molecule has 0 saturated heterocycles. The molecule has 0 spiro atoms. The van der Waals surface area contributed by atoms with E-state index in [4.69, 9.17) is 4.74 Å². The monoisotopic (exact) mass is 356 g/mol. The van der Waals surface area contributed by atoms with Crippen LogP contribution in [0.1, 0.15) is 11.4 Å². The molecule has 0 bridgehead atoms. The number of allylic oxidation sites excluding steroid dienone is 1. The third-order valence-electron chi connectivity index (χ3n) is 3.39. The van der Waals surface area contributed by atoms with Crippen LogP contribution in [0.15, 0.2) is 66.6 Å². The largest absolute Gasteiger partial charge is 0.483 e. The van der Waals surface area contributed by atoms with Crippen LogP contribution in [0, 0.1) is 5.82 Å². The SMILES string of the molecule is C=CCn1c(COc2ccccc2F)nnc1SCc1cccnc1. The summed E-state index contributed by atoms with van der Waals surface area (Å²) in [7, 11) is 0. The highest BCUT2D eigenvalue weighted by Gasteiger charge is 2.13. The Morgan fingerprint density at radius 3 is 2.84 bits per heavy atom. The van der Waals surface area contributed by atoms with Gasteiger partial charge >= 0.3 is 0 Å². The molecule has 5 nitrogen and oxygen atoms in total. The van der Waals surface area contributed by atoms with E-state index in [0.717, 1.165) is 16.5 Å². The number of nitrogens with zero attached hydrogens (tertiary/aromatic N) is 4. The average Bonchev–Trinajstić information content (AvgIpc) is 3.02. The molecular weight excluding hydrogens is 339 g/mol. The molecule has 0 atom stereocenters. The first-order chi connectivity index (χ1) is 12.3. The predicted octanol–water partition coefficient (Wildman–Crippen LogP) is 3.87. The first kappa shape index (κ1) is 17.2. The molecule has 0 N–H and O–H groups in total. The molecule has 7 heteroatoms. The van der Waals surface area contributed by atoms with Crippen molar-refractivity contribution in [1.29, 1.82) is 0 Å². The number of thioether (sulfide) groups is 1. The van der Waals surface area contributed by atoms with E-state index in [2.05, 4.69) is 21.8 Å². The van der Waals surface area contributed by atoms with Gasteiger partial charge in [0.2, 0.25) is 0 Å². The maximum Gasteiger partial charge on any atom is 0.191 e. The van der Waals surface area contributed by atoms with E-state index >= 15 is 0 Å². The van der Waals surface area contributed by atoms with Crippen LogP contribution in [0.2, 0.25) is 0 Å². The van der Waals surface area contributed by atoms with Gasteiger partial charge in [-0.15, -0.1) is 16.8 Å². The zero-order chi connectivity index (χ0) is 17.5. The molecule has 0 aliphatic carbocycles. The van der Waals surface area contributed by atoms with Crippen LogP contribution >= 0.6 is 11.8 Å². The summed E-state index contributed by atoms with van der Waals surface area (Å²) in [6.45, 7) is 4.46. The van der Waals surface area contributed by atoms with Gasteiger partial charge in [-0.05, 0) is 23.8 Å². The Morgan fingerprint density at radius 1 is 1.20 bits per heavy atom. The third kappa shape index (κ3) is 4.45. The van der Waals surface area contributed by atoms with Crippen LogP contribution in [0.3, 0.4) is 0 Å². The van der Waals surface area contributed by atoms with Gasteiger partial charge < -0.3 is 4.74 Å². The third-order valence-corrected chi connectivity index (χ3v) is 4.43. The van der Waals surface area contributed by atoms with Crippen LogP contribution < -0.4 is 4.74 Å². The summed E-state index contributed by atoms with van der Waals surface area (Å²) < 4.78 is 21.1. The summed E-state index contributed by atoms with van der Waals surface area (Å²) in [5, 5.41) is 9.15. The normalized spacial score (nSPS) is 10.6. The molecular formula is C18H17FN4OS. The molecule has 0 amide bonds. The van der Waals surface area contributed by atoms with Crippen molar-refractivity contribution < 1.29 is 9.13 Å². The molecule has 2 heterocycles. The lowest BCUT2D eigenvalue weighted by molar-refractivity contribution is 0.275. The number of hydrogen-bond donors (Lipinski definition) is 0. The van der Waals surface area contributed by atoms with E-state index in [1.807, 2.05) is 22.9 Å². The van der Waals surface area contributed by atoms with Crippen LogP contribution in [-0.4, -0.2) is 19.7 Å². The van der Waals surface area contributed by atoms with Gasteiger partial charge in [0, 0.05) is 24.7 Å². The van der Waals surface area contributed by atoms with Crippen LogP contribution in [-0.2, 0) is 18.9 Å². The first-order valence-corrected chi connectivity index (χ1v) is 8.68. The molecule has 0 fully saturated rings. The topological polar surface area (TPSA) is 52.8 Å². The Hall–Kier alpha value is -2.67. The molecule has 0 radical (unpaired) electrons. The average molecular weight is 356 g/mol. The summed E-state index contributed by atoms with van der Waals surface area (Å²) in [4.78, 5) is 4.10. The number of hydrogen-bond acceptors (Lipinski definition) is 5. The van der Waals surface area contributed by atoms with Crippen LogP contribution in [0.25, 0.3) is 0 Å².